The largest absolute Gasteiger partial charge is 0.364 e. The van der Waals surface area contributed by atoms with Gasteiger partial charge in [0.15, 0.2) is 0 Å². The summed E-state index contributed by atoms with van der Waals surface area (Å²) in [5, 5.41) is 0. The van der Waals surface area contributed by atoms with E-state index in [2.05, 4.69) is 0 Å². The average molecular weight is 324 g/mol. The first kappa shape index (κ1) is 17.1. The van der Waals surface area contributed by atoms with Crippen molar-refractivity contribution in [1.29, 1.82) is 0 Å². The number of rotatable bonds is 5. The van der Waals surface area contributed by atoms with E-state index in [0.29, 0.717) is 6.54 Å². The molecule has 0 saturated carbocycles. The van der Waals surface area contributed by atoms with Crippen LogP contribution >= 0.6 is 0 Å². The molecule has 0 spiro atoms. The zero-order chi connectivity index (χ0) is 16.3. The monoisotopic (exact) mass is 324 g/mol. The fourth-order valence-corrected chi connectivity index (χ4v) is 3.16. The van der Waals surface area contributed by atoms with Crippen molar-refractivity contribution in [3.63, 3.8) is 0 Å². The van der Waals surface area contributed by atoms with Crippen LogP contribution in [0.25, 0.3) is 0 Å². The molecule has 22 heavy (non-hydrogen) atoms. The highest BCUT2D eigenvalue weighted by molar-refractivity contribution is 7.84. The number of carbonyl (C=O) groups excluding carboxylic acids is 1. The van der Waals surface area contributed by atoms with Gasteiger partial charge in [-0.1, -0.05) is 12.1 Å². The molecule has 1 saturated heterocycles. The number of nitrogens with two attached hydrogens (primary N) is 1. The van der Waals surface area contributed by atoms with Gasteiger partial charge in [-0.15, -0.1) is 0 Å². The minimum Gasteiger partial charge on any atom is -0.364 e. The first-order chi connectivity index (χ1) is 10.4. The van der Waals surface area contributed by atoms with Crippen LogP contribution in [-0.2, 0) is 20.3 Å². The maximum Gasteiger partial charge on any atom is 0.251 e. The van der Waals surface area contributed by atoms with Gasteiger partial charge in [-0.25, -0.2) is 0 Å². The highest BCUT2D eigenvalue weighted by Crippen LogP contribution is 2.25. The third-order valence-corrected chi connectivity index (χ3v) is 5.20. The van der Waals surface area contributed by atoms with Crippen molar-refractivity contribution in [2.45, 2.75) is 42.9 Å². The van der Waals surface area contributed by atoms with Gasteiger partial charge in [0.1, 0.15) is 6.10 Å². The Morgan fingerprint density at radius 3 is 2.55 bits per heavy atom. The summed E-state index contributed by atoms with van der Waals surface area (Å²) in [7, 11) is 0.800. The second-order valence-corrected chi connectivity index (χ2v) is 7.09. The normalized spacial score (nSPS) is 24.0. The standard InChI is InChI=1S/C16H24N2O3S/c1-11(12-4-7-14(8-5-12)22(3)20)18(2)16(19)15-9-6-13(10-17)21-15/h4-5,7-8,11,13,15H,6,9-10,17H2,1-3H3/t11?,13-,15+,22?/m1/s1. The SMILES string of the molecule is CC(c1ccc(S(C)=O)cc1)N(C)C(=O)[C@@H]1CC[C@H](CN)O1. The van der Waals surface area contributed by atoms with Crippen molar-refractivity contribution in [3.8, 4) is 0 Å². The highest BCUT2D eigenvalue weighted by Gasteiger charge is 2.33. The van der Waals surface area contributed by atoms with Crippen LogP contribution in [0.5, 0.6) is 0 Å². The van der Waals surface area contributed by atoms with E-state index < -0.39 is 10.8 Å². The van der Waals surface area contributed by atoms with Gasteiger partial charge in [0.05, 0.1) is 12.1 Å². The maximum absolute atomic E-state index is 12.5. The number of ether oxygens (including phenoxy) is 1. The molecule has 0 radical (unpaired) electrons. The summed E-state index contributed by atoms with van der Waals surface area (Å²) in [6, 6.07) is 7.47. The van der Waals surface area contributed by atoms with Gasteiger partial charge < -0.3 is 15.4 Å². The molecule has 2 N–H and O–H groups in total. The van der Waals surface area contributed by atoms with Crippen LogP contribution in [0, 0.1) is 0 Å². The van der Waals surface area contributed by atoms with Gasteiger partial charge >= 0.3 is 0 Å². The Morgan fingerprint density at radius 2 is 2.05 bits per heavy atom. The Morgan fingerprint density at radius 1 is 1.41 bits per heavy atom. The van der Waals surface area contributed by atoms with Crippen LogP contribution in [0.15, 0.2) is 29.2 Å². The summed E-state index contributed by atoms with van der Waals surface area (Å²) < 4.78 is 17.1. The fraction of sp³-hybridized carbons (Fsp3) is 0.562. The van der Waals surface area contributed by atoms with E-state index in [1.54, 1.807) is 18.2 Å². The number of hydrogen-bond acceptors (Lipinski definition) is 4. The summed E-state index contributed by atoms with van der Waals surface area (Å²) in [4.78, 5) is 15.0. The van der Waals surface area contributed by atoms with Gasteiger partial charge in [0, 0.05) is 35.5 Å². The van der Waals surface area contributed by atoms with Crippen LogP contribution < -0.4 is 5.73 Å². The lowest BCUT2D eigenvalue weighted by Gasteiger charge is -2.28. The van der Waals surface area contributed by atoms with Crippen molar-refractivity contribution in [3.05, 3.63) is 29.8 Å². The Hall–Kier alpha value is -1.24. The van der Waals surface area contributed by atoms with Gasteiger partial charge in [0.25, 0.3) is 5.91 Å². The van der Waals surface area contributed by atoms with E-state index in [0.717, 1.165) is 23.3 Å². The smallest absolute Gasteiger partial charge is 0.251 e. The molecule has 0 aliphatic carbocycles. The minimum absolute atomic E-state index is 0.00327. The number of likely N-dealkylation sites (N-methyl/N-ethyl adjacent to an activating group) is 1. The molecule has 2 rings (SSSR count). The lowest BCUT2D eigenvalue weighted by Crippen LogP contribution is -2.38. The van der Waals surface area contributed by atoms with E-state index in [4.69, 9.17) is 10.5 Å². The van der Waals surface area contributed by atoms with Gasteiger partial charge in [-0.3, -0.25) is 9.00 Å². The molecule has 1 aliphatic rings. The number of nitrogens with zero attached hydrogens (tertiary/aromatic N) is 1. The Kier molecular flexibility index (Phi) is 5.72. The van der Waals surface area contributed by atoms with Crippen LogP contribution in [0.2, 0.25) is 0 Å². The maximum atomic E-state index is 12.5. The third-order valence-electron chi connectivity index (χ3n) is 4.27. The van der Waals surface area contributed by atoms with Crippen LogP contribution in [0.3, 0.4) is 0 Å². The predicted molar refractivity (Wildman–Crippen MR) is 86.9 cm³/mol. The van der Waals surface area contributed by atoms with Crippen molar-refractivity contribution in [1.82, 2.24) is 4.90 Å². The van der Waals surface area contributed by atoms with E-state index in [1.165, 1.54) is 0 Å². The van der Waals surface area contributed by atoms with Gasteiger partial charge in [0.2, 0.25) is 0 Å². The molecular formula is C16H24N2O3S. The zero-order valence-corrected chi connectivity index (χ0v) is 14.1. The average Bonchev–Trinajstić information content (AvgIpc) is 3.01. The first-order valence-electron chi connectivity index (χ1n) is 7.49. The molecule has 1 fully saturated rings. The molecule has 6 heteroatoms. The molecular weight excluding hydrogens is 300 g/mol. The van der Waals surface area contributed by atoms with E-state index in [9.17, 15) is 9.00 Å². The van der Waals surface area contributed by atoms with E-state index >= 15 is 0 Å². The van der Waals surface area contributed by atoms with Gasteiger partial charge in [-0.05, 0) is 37.5 Å². The molecule has 5 nitrogen and oxygen atoms in total. The molecule has 1 aromatic carbocycles. The van der Waals surface area contributed by atoms with Crippen LogP contribution in [0.1, 0.15) is 31.4 Å². The molecule has 2 unspecified atom stereocenters. The topological polar surface area (TPSA) is 72.6 Å². The zero-order valence-electron chi connectivity index (χ0n) is 13.3. The second-order valence-electron chi connectivity index (χ2n) is 5.71. The molecule has 0 aromatic heterocycles. The molecule has 1 heterocycles. The number of benzene rings is 1. The Bertz CT molecular complexity index is 547. The Balaban J connectivity index is 2.03. The molecule has 1 amide bonds. The summed E-state index contributed by atoms with van der Waals surface area (Å²) in [5.41, 5.74) is 6.60. The van der Waals surface area contributed by atoms with Crippen molar-refractivity contribution >= 4 is 16.7 Å². The fourth-order valence-electron chi connectivity index (χ4n) is 2.64. The number of carbonyl (C=O) groups is 1. The molecule has 1 aliphatic heterocycles. The van der Waals surface area contributed by atoms with E-state index in [-0.39, 0.29) is 24.2 Å². The predicted octanol–water partition coefficient (Wildman–Crippen LogP) is 1.45. The van der Waals surface area contributed by atoms with Crippen LogP contribution in [0.4, 0.5) is 0 Å². The van der Waals surface area contributed by atoms with Gasteiger partial charge in [-0.2, -0.15) is 0 Å². The highest BCUT2D eigenvalue weighted by atomic mass is 32.2. The van der Waals surface area contributed by atoms with Crippen LogP contribution in [-0.4, -0.2) is 47.1 Å². The number of amides is 1. The lowest BCUT2D eigenvalue weighted by atomic mass is 10.1. The summed E-state index contributed by atoms with van der Waals surface area (Å²) in [5.74, 6) is -0.00778. The van der Waals surface area contributed by atoms with Crippen molar-refractivity contribution < 1.29 is 13.7 Å². The second kappa shape index (κ2) is 7.35. The lowest BCUT2D eigenvalue weighted by molar-refractivity contribution is -0.143. The minimum atomic E-state index is -0.989. The van der Waals surface area contributed by atoms with E-state index in [1.807, 2.05) is 31.2 Å². The Labute approximate surface area is 134 Å². The molecule has 4 atom stereocenters. The quantitative estimate of drug-likeness (QED) is 0.890. The molecule has 1 aromatic rings. The number of hydrogen-bond donors (Lipinski definition) is 1. The third kappa shape index (κ3) is 3.74. The first-order valence-corrected chi connectivity index (χ1v) is 9.05. The molecule has 0 bridgehead atoms. The summed E-state index contributed by atoms with van der Waals surface area (Å²) in [6.07, 6.45) is 2.83. The van der Waals surface area contributed by atoms with Crippen molar-refractivity contribution in [2.24, 2.45) is 5.73 Å². The summed E-state index contributed by atoms with van der Waals surface area (Å²) >= 11 is 0. The molecule has 122 valence electrons. The van der Waals surface area contributed by atoms with Crippen molar-refractivity contribution in [2.75, 3.05) is 19.8 Å². The summed E-state index contributed by atoms with van der Waals surface area (Å²) in [6.45, 7) is 2.43.